The van der Waals surface area contributed by atoms with E-state index in [4.69, 9.17) is 17.3 Å². The van der Waals surface area contributed by atoms with Crippen LogP contribution in [-0.4, -0.2) is 29.1 Å². The Balaban J connectivity index is 1.94. The van der Waals surface area contributed by atoms with Crippen LogP contribution in [0.4, 0.5) is 19.0 Å². The fourth-order valence-electron chi connectivity index (χ4n) is 2.24. The summed E-state index contributed by atoms with van der Waals surface area (Å²) in [5, 5.41) is 0.493. The Hall–Kier alpha value is -1.01. The third-order valence-electron chi connectivity index (χ3n) is 3.36. The molecule has 0 atom stereocenters. The molecule has 1 aromatic rings. The topological polar surface area (TPSA) is 42.1 Å². The van der Waals surface area contributed by atoms with Crippen molar-refractivity contribution in [3.05, 3.63) is 22.8 Å². The zero-order valence-electron chi connectivity index (χ0n) is 10.3. The number of likely N-dealkylation sites (tertiary alicyclic amines) is 1. The molecule has 1 saturated heterocycles. The first-order chi connectivity index (χ1) is 8.86. The van der Waals surface area contributed by atoms with Crippen molar-refractivity contribution in [2.24, 2.45) is 5.92 Å². The number of alkyl halides is 3. The minimum atomic E-state index is -4.08. The molecule has 0 aromatic carbocycles. The molecule has 0 amide bonds. The summed E-state index contributed by atoms with van der Waals surface area (Å²) >= 11 is 5.99. The average molecular weight is 294 g/mol. The summed E-state index contributed by atoms with van der Waals surface area (Å²) in [6.45, 7) is 1.24. The second-order valence-electron chi connectivity index (χ2n) is 4.76. The fourth-order valence-corrected chi connectivity index (χ4v) is 2.41. The Bertz CT molecular complexity index is 442. The summed E-state index contributed by atoms with van der Waals surface area (Å²) in [7, 11) is 0. The second kappa shape index (κ2) is 5.54. The number of nitrogens with zero attached hydrogens (tertiary/aromatic N) is 2. The van der Waals surface area contributed by atoms with E-state index in [1.165, 1.54) is 0 Å². The molecule has 0 saturated carbocycles. The van der Waals surface area contributed by atoms with Crippen molar-refractivity contribution in [3.8, 4) is 0 Å². The third-order valence-corrected chi connectivity index (χ3v) is 3.71. The van der Waals surface area contributed by atoms with Gasteiger partial charge in [0, 0.05) is 6.54 Å². The van der Waals surface area contributed by atoms with Crippen LogP contribution in [0.5, 0.6) is 0 Å². The molecule has 1 aliphatic heterocycles. The molecule has 7 heteroatoms. The highest BCUT2D eigenvalue weighted by atomic mass is 35.5. The van der Waals surface area contributed by atoms with Crippen LogP contribution in [0.15, 0.2) is 12.1 Å². The zero-order valence-corrected chi connectivity index (χ0v) is 11.0. The molecule has 3 nitrogen and oxygen atoms in total. The largest absolute Gasteiger partial charge is 0.391 e. The molecule has 1 aromatic heterocycles. The van der Waals surface area contributed by atoms with Crippen molar-refractivity contribution in [2.45, 2.75) is 25.6 Å². The predicted molar refractivity (Wildman–Crippen MR) is 67.7 cm³/mol. The Morgan fingerprint density at radius 3 is 2.53 bits per heavy atom. The SMILES string of the molecule is Nc1ccc(Cl)c(CN2CCC(C(F)(F)F)CC2)n1. The molecule has 0 unspecified atom stereocenters. The number of piperidine rings is 1. The van der Waals surface area contributed by atoms with E-state index >= 15 is 0 Å². The molecule has 0 aliphatic carbocycles. The first-order valence-electron chi connectivity index (χ1n) is 6.06. The smallest absolute Gasteiger partial charge is 0.384 e. The lowest BCUT2D eigenvalue weighted by Crippen LogP contribution is -2.38. The van der Waals surface area contributed by atoms with Gasteiger partial charge in [0.1, 0.15) is 5.82 Å². The second-order valence-corrected chi connectivity index (χ2v) is 5.16. The van der Waals surface area contributed by atoms with Crippen molar-refractivity contribution < 1.29 is 13.2 Å². The molecule has 0 radical (unpaired) electrons. The van der Waals surface area contributed by atoms with E-state index < -0.39 is 12.1 Å². The van der Waals surface area contributed by atoms with Gasteiger partial charge in [-0.1, -0.05) is 11.6 Å². The van der Waals surface area contributed by atoms with Crippen LogP contribution >= 0.6 is 11.6 Å². The summed E-state index contributed by atoms with van der Waals surface area (Å²) in [4.78, 5) is 6.04. The number of aromatic nitrogens is 1. The molecule has 2 rings (SSSR count). The van der Waals surface area contributed by atoms with Gasteiger partial charge in [-0.15, -0.1) is 0 Å². The van der Waals surface area contributed by atoms with E-state index in [0.29, 0.717) is 36.2 Å². The molecule has 2 N–H and O–H groups in total. The lowest BCUT2D eigenvalue weighted by Gasteiger charge is -2.32. The van der Waals surface area contributed by atoms with Gasteiger partial charge in [-0.05, 0) is 38.1 Å². The molecule has 19 heavy (non-hydrogen) atoms. The highest BCUT2D eigenvalue weighted by Gasteiger charge is 2.41. The molecule has 2 heterocycles. The average Bonchev–Trinajstić information content (AvgIpc) is 2.33. The number of anilines is 1. The number of rotatable bonds is 2. The Morgan fingerprint density at radius 2 is 1.95 bits per heavy atom. The highest BCUT2D eigenvalue weighted by Crippen LogP contribution is 2.34. The first kappa shape index (κ1) is 14.4. The van der Waals surface area contributed by atoms with Gasteiger partial charge in [-0.3, -0.25) is 4.90 Å². The normalized spacial score (nSPS) is 18.7. The Morgan fingerprint density at radius 1 is 1.32 bits per heavy atom. The van der Waals surface area contributed by atoms with Crippen LogP contribution in [0.2, 0.25) is 5.02 Å². The van der Waals surface area contributed by atoms with Crippen molar-refractivity contribution >= 4 is 17.4 Å². The van der Waals surface area contributed by atoms with E-state index in [-0.39, 0.29) is 12.8 Å². The van der Waals surface area contributed by atoms with Gasteiger partial charge in [0.25, 0.3) is 0 Å². The minimum Gasteiger partial charge on any atom is -0.384 e. The lowest BCUT2D eigenvalue weighted by atomic mass is 9.96. The lowest BCUT2D eigenvalue weighted by molar-refractivity contribution is -0.185. The van der Waals surface area contributed by atoms with Crippen LogP contribution in [0, 0.1) is 5.92 Å². The summed E-state index contributed by atoms with van der Waals surface area (Å²) in [6, 6.07) is 3.25. The number of hydrogen-bond donors (Lipinski definition) is 1. The van der Waals surface area contributed by atoms with Crippen LogP contribution in [0.1, 0.15) is 18.5 Å². The van der Waals surface area contributed by atoms with E-state index in [0.717, 1.165) is 0 Å². The number of nitrogens with two attached hydrogens (primary N) is 1. The van der Waals surface area contributed by atoms with Gasteiger partial charge in [0.2, 0.25) is 0 Å². The number of hydrogen-bond acceptors (Lipinski definition) is 3. The van der Waals surface area contributed by atoms with Gasteiger partial charge in [-0.2, -0.15) is 13.2 Å². The maximum atomic E-state index is 12.5. The maximum Gasteiger partial charge on any atom is 0.391 e. The predicted octanol–water partition coefficient (Wildman–Crippen LogP) is 3.09. The number of nitrogen functional groups attached to an aromatic ring is 1. The maximum absolute atomic E-state index is 12.5. The molecule has 1 aliphatic rings. The highest BCUT2D eigenvalue weighted by molar-refractivity contribution is 6.31. The molecule has 106 valence electrons. The Labute approximate surface area is 114 Å². The monoisotopic (exact) mass is 293 g/mol. The van der Waals surface area contributed by atoms with Crippen LogP contribution in [-0.2, 0) is 6.54 Å². The van der Waals surface area contributed by atoms with E-state index in [1.807, 2.05) is 4.90 Å². The molecule has 0 bridgehead atoms. The Kier molecular flexibility index (Phi) is 4.20. The minimum absolute atomic E-state index is 0.128. The van der Waals surface area contributed by atoms with Gasteiger partial charge in [0.15, 0.2) is 0 Å². The molecular formula is C12H15ClF3N3. The fraction of sp³-hybridized carbons (Fsp3) is 0.583. The summed E-state index contributed by atoms with van der Waals surface area (Å²) in [5.41, 5.74) is 6.19. The quantitative estimate of drug-likeness (QED) is 0.911. The summed E-state index contributed by atoms with van der Waals surface area (Å²) in [5.74, 6) is -0.822. The van der Waals surface area contributed by atoms with Gasteiger partial charge in [0.05, 0.1) is 16.6 Å². The van der Waals surface area contributed by atoms with Crippen LogP contribution in [0.3, 0.4) is 0 Å². The molecule has 0 spiro atoms. The van der Waals surface area contributed by atoms with E-state index in [1.54, 1.807) is 12.1 Å². The standard InChI is InChI=1S/C12H15ClF3N3/c13-9-1-2-11(17)18-10(9)7-19-5-3-8(4-6-19)12(14,15)16/h1-2,8H,3-7H2,(H2,17,18). The van der Waals surface area contributed by atoms with Crippen LogP contribution < -0.4 is 5.73 Å². The third kappa shape index (κ3) is 3.73. The van der Waals surface area contributed by atoms with Gasteiger partial charge < -0.3 is 5.73 Å². The van der Waals surface area contributed by atoms with Crippen molar-refractivity contribution in [1.29, 1.82) is 0 Å². The van der Waals surface area contributed by atoms with E-state index in [9.17, 15) is 13.2 Å². The summed E-state index contributed by atoms with van der Waals surface area (Å²) < 4.78 is 37.6. The number of halogens is 4. The van der Waals surface area contributed by atoms with Gasteiger partial charge >= 0.3 is 6.18 Å². The van der Waals surface area contributed by atoms with Crippen molar-refractivity contribution in [1.82, 2.24) is 9.88 Å². The van der Waals surface area contributed by atoms with E-state index in [2.05, 4.69) is 4.98 Å². The van der Waals surface area contributed by atoms with Crippen molar-refractivity contribution in [2.75, 3.05) is 18.8 Å². The summed E-state index contributed by atoms with van der Waals surface area (Å²) in [6.07, 6.45) is -3.83. The molecular weight excluding hydrogens is 279 g/mol. The number of pyridine rings is 1. The first-order valence-corrected chi connectivity index (χ1v) is 6.44. The van der Waals surface area contributed by atoms with Crippen LogP contribution in [0.25, 0.3) is 0 Å². The van der Waals surface area contributed by atoms with Gasteiger partial charge in [-0.25, -0.2) is 4.98 Å². The van der Waals surface area contributed by atoms with Crippen molar-refractivity contribution in [3.63, 3.8) is 0 Å². The molecule has 1 fully saturated rings. The zero-order chi connectivity index (χ0) is 14.0.